The number of aromatic nitrogens is 1. The molecule has 0 radical (unpaired) electrons. The van der Waals surface area contributed by atoms with Crippen molar-refractivity contribution in [1.29, 1.82) is 0 Å². The maximum Gasteiger partial charge on any atom is 0.189 e. The number of nitrogens with one attached hydrogen (secondary N) is 1. The number of hydrogen-bond donors (Lipinski definition) is 2. The van der Waals surface area contributed by atoms with Gasteiger partial charge in [0, 0.05) is 29.7 Å². The quantitative estimate of drug-likeness (QED) is 0.652. The Morgan fingerprint density at radius 1 is 1.42 bits per heavy atom. The Morgan fingerprint density at radius 2 is 2.16 bits per heavy atom. The van der Waals surface area contributed by atoms with E-state index in [-0.39, 0.29) is 0 Å². The second-order valence-corrected chi connectivity index (χ2v) is 5.27. The summed E-state index contributed by atoms with van der Waals surface area (Å²) in [6, 6.07) is 8.99. The molecule has 100 valence electrons. The van der Waals surface area contributed by atoms with Crippen LogP contribution >= 0.6 is 0 Å². The van der Waals surface area contributed by atoms with Crippen LogP contribution in [-0.4, -0.2) is 16.6 Å². The van der Waals surface area contributed by atoms with Gasteiger partial charge in [-0.2, -0.15) is 0 Å². The third-order valence-electron chi connectivity index (χ3n) is 3.84. The van der Waals surface area contributed by atoms with Crippen molar-refractivity contribution in [3.05, 3.63) is 35.5 Å². The number of benzene rings is 1. The fourth-order valence-electron chi connectivity index (χ4n) is 2.50. The molecule has 1 aliphatic carbocycles. The lowest BCUT2D eigenvalue weighted by molar-refractivity contribution is 0.823. The van der Waals surface area contributed by atoms with Crippen molar-refractivity contribution in [2.75, 3.05) is 0 Å². The number of guanidine groups is 1. The molecule has 1 saturated carbocycles. The van der Waals surface area contributed by atoms with E-state index in [1.54, 1.807) is 0 Å². The molecule has 4 nitrogen and oxygen atoms in total. The maximum absolute atomic E-state index is 5.89. The molecule has 1 aromatic heterocycles. The van der Waals surface area contributed by atoms with Crippen molar-refractivity contribution in [2.24, 2.45) is 17.8 Å². The first-order valence-electron chi connectivity index (χ1n) is 6.76. The standard InChI is InChI=1S/C15H20N4/c1-10-12-5-3-4-6-13(12)19(2)14(10)9-17-15(16)18-11-7-8-11/h3-6,11H,7-9H2,1-2H3,(H3,16,17,18). The van der Waals surface area contributed by atoms with Gasteiger partial charge in [0.2, 0.25) is 0 Å². The summed E-state index contributed by atoms with van der Waals surface area (Å²) in [7, 11) is 2.09. The van der Waals surface area contributed by atoms with E-state index in [0.717, 1.165) is 0 Å². The van der Waals surface area contributed by atoms with Crippen LogP contribution in [0.1, 0.15) is 24.1 Å². The van der Waals surface area contributed by atoms with E-state index in [1.807, 2.05) is 0 Å². The van der Waals surface area contributed by atoms with E-state index in [1.165, 1.54) is 35.0 Å². The van der Waals surface area contributed by atoms with Gasteiger partial charge in [-0.25, -0.2) is 4.99 Å². The lowest BCUT2D eigenvalue weighted by atomic mass is 10.1. The molecular weight excluding hydrogens is 236 g/mol. The van der Waals surface area contributed by atoms with Crippen LogP contribution in [0.2, 0.25) is 0 Å². The van der Waals surface area contributed by atoms with Crippen LogP contribution in [0.15, 0.2) is 29.3 Å². The number of para-hydroxylation sites is 1. The van der Waals surface area contributed by atoms with Gasteiger partial charge in [0.05, 0.1) is 6.54 Å². The fraction of sp³-hybridized carbons (Fsp3) is 0.400. The second-order valence-electron chi connectivity index (χ2n) is 5.27. The van der Waals surface area contributed by atoms with Gasteiger partial charge in [0.15, 0.2) is 5.96 Å². The normalized spacial score (nSPS) is 16.0. The monoisotopic (exact) mass is 256 g/mol. The zero-order valence-electron chi connectivity index (χ0n) is 11.5. The molecule has 0 bridgehead atoms. The number of fused-ring (bicyclic) bond motifs is 1. The zero-order chi connectivity index (χ0) is 13.4. The summed E-state index contributed by atoms with van der Waals surface area (Å²) in [4.78, 5) is 4.45. The molecule has 3 N–H and O–H groups in total. The van der Waals surface area contributed by atoms with Crippen LogP contribution in [-0.2, 0) is 13.6 Å². The summed E-state index contributed by atoms with van der Waals surface area (Å²) < 4.78 is 2.21. The molecular formula is C15H20N4. The van der Waals surface area contributed by atoms with Crippen molar-refractivity contribution in [1.82, 2.24) is 9.88 Å². The Bertz CT molecular complexity index is 596. The molecule has 3 rings (SSSR count). The first-order valence-corrected chi connectivity index (χ1v) is 6.76. The molecule has 1 fully saturated rings. The maximum atomic E-state index is 5.89. The largest absolute Gasteiger partial charge is 0.370 e. The van der Waals surface area contributed by atoms with Gasteiger partial charge < -0.3 is 15.6 Å². The first-order chi connectivity index (χ1) is 9.16. The topological polar surface area (TPSA) is 55.3 Å². The molecule has 0 atom stereocenters. The smallest absolute Gasteiger partial charge is 0.189 e. The van der Waals surface area contributed by atoms with E-state index in [9.17, 15) is 0 Å². The highest BCUT2D eigenvalue weighted by molar-refractivity contribution is 5.85. The molecule has 19 heavy (non-hydrogen) atoms. The van der Waals surface area contributed by atoms with Crippen molar-refractivity contribution in [3.63, 3.8) is 0 Å². The van der Waals surface area contributed by atoms with Gasteiger partial charge in [-0.1, -0.05) is 18.2 Å². The number of aryl methyl sites for hydroxylation is 2. The minimum absolute atomic E-state index is 0.553. The molecule has 1 aromatic carbocycles. The Balaban J connectivity index is 1.87. The minimum Gasteiger partial charge on any atom is -0.370 e. The Kier molecular flexibility index (Phi) is 2.93. The van der Waals surface area contributed by atoms with E-state index in [2.05, 4.69) is 53.1 Å². The third kappa shape index (κ3) is 2.30. The van der Waals surface area contributed by atoms with Gasteiger partial charge in [-0.05, 0) is 31.4 Å². The summed E-state index contributed by atoms with van der Waals surface area (Å²) in [6.07, 6.45) is 2.42. The highest BCUT2D eigenvalue weighted by Gasteiger charge is 2.21. The van der Waals surface area contributed by atoms with Gasteiger partial charge in [-0.15, -0.1) is 0 Å². The first kappa shape index (κ1) is 12.1. The Hall–Kier alpha value is -1.97. The third-order valence-corrected chi connectivity index (χ3v) is 3.84. The summed E-state index contributed by atoms with van der Waals surface area (Å²) >= 11 is 0. The predicted octanol–water partition coefficient (Wildman–Crippen LogP) is 2.05. The minimum atomic E-state index is 0.553. The molecule has 1 aliphatic rings. The van der Waals surface area contributed by atoms with Gasteiger partial charge >= 0.3 is 0 Å². The van der Waals surface area contributed by atoms with Crippen LogP contribution in [0.4, 0.5) is 0 Å². The number of hydrogen-bond acceptors (Lipinski definition) is 1. The molecule has 0 unspecified atom stereocenters. The van der Waals surface area contributed by atoms with Crippen LogP contribution in [0.3, 0.4) is 0 Å². The predicted molar refractivity (Wildman–Crippen MR) is 79.1 cm³/mol. The molecule has 2 aromatic rings. The highest BCUT2D eigenvalue weighted by atomic mass is 15.1. The SMILES string of the molecule is Cc1c(CN=C(N)NC2CC2)n(C)c2ccccc12. The number of nitrogens with zero attached hydrogens (tertiary/aromatic N) is 2. The van der Waals surface area contributed by atoms with Crippen LogP contribution in [0.5, 0.6) is 0 Å². The van der Waals surface area contributed by atoms with Crippen LogP contribution < -0.4 is 11.1 Å². The number of rotatable bonds is 3. The van der Waals surface area contributed by atoms with Crippen LogP contribution in [0, 0.1) is 6.92 Å². The Morgan fingerprint density at radius 3 is 2.84 bits per heavy atom. The summed E-state index contributed by atoms with van der Waals surface area (Å²) in [5.74, 6) is 0.562. The summed E-state index contributed by atoms with van der Waals surface area (Å²) in [5, 5.41) is 4.51. The number of nitrogens with two attached hydrogens (primary N) is 1. The van der Waals surface area contributed by atoms with Crippen molar-refractivity contribution in [3.8, 4) is 0 Å². The average Bonchev–Trinajstić information content (AvgIpc) is 3.18. The number of aliphatic imine (C=N–C) groups is 1. The Labute approximate surface area is 113 Å². The van der Waals surface area contributed by atoms with Gasteiger partial charge in [0.25, 0.3) is 0 Å². The second kappa shape index (κ2) is 4.61. The molecule has 0 saturated heterocycles. The molecule has 0 aliphatic heterocycles. The van der Waals surface area contributed by atoms with Gasteiger partial charge in [0.1, 0.15) is 0 Å². The molecule has 4 heteroatoms. The molecule has 0 spiro atoms. The lowest BCUT2D eigenvalue weighted by Gasteiger charge is -2.05. The molecule has 0 amide bonds. The fourth-order valence-corrected chi connectivity index (χ4v) is 2.50. The summed E-state index contributed by atoms with van der Waals surface area (Å²) in [5.41, 5.74) is 9.65. The van der Waals surface area contributed by atoms with Gasteiger partial charge in [-0.3, -0.25) is 0 Å². The van der Waals surface area contributed by atoms with Crippen molar-refractivity contribution < 1.29 is 0 Å². The average molecular weight is 256 g/mol. The van der Waals surface area contributed by atoms with Crippen molar-refractivity contribution >= 4 is 16.9 Å². The van der Waals surface area contributed by atoms with E-state index < -0.39 is 0 Å². The zero-order valence-corrected chi connectivity index (χ0v) is 11.5. The highest BCUT2D eigenvalue weighted by Crippen LogP contribution is 2.24. The lowest BCUT2D eigenvalue weighted by Crippen LogP contribution is -2.33. The van der Waals surface area contributed by atoms with Crippen LogP contribution in [0.25, 0.3) is 10.9 Å². The van der Waals surface area contributed by atoms with E-state index in [0.29, 0.717) is 18.5 Å². The summed E-state index contributed by atoms with van der Waals surface area (Å²) in [6.45, 7) is 2.78. The van der Waals surface area contributed by atoms with Crippen molar-refractivity contribution in [2.45, 2.75) is 32.4 Å². The van der Waals surface area contributed by atoms with E-state index in [4.69, 9.17) is 5.73 Å². The van der Waals surface area contributed by atoms with E-state index >= 15 is 0 Å². The molecule has 1 heterocycles.